The lowest BCUT2D eigenvalue weighted by atomic mass is 10.2. The fourth-order valence-corrected chi connectivity index (χ4v) is 4.16. The number of carbonyl (C=O) groups is 1. The third-order valence-electron chi connectivity index (χ3n) is 4.32. The lowest BCUT2D eigenvalue weighted by Crippen LogP contribution is -2.16. The Kier molecular flexibility index (Phi) is 6.54. The standard InChI is InChI=1S/C23H22N2O4S/c1-17-12-14-19(24-23(26)15-13-18-8-4-3-5-9-18)16-22(17)30(27,28)25-20-10-6-7-11-21(20)29-2/h3-16,25H,1-2H3,(H,24,26). The second-order valence-electron chi connectivity index (χ2n) is 6.52. The third-order valence-corrected chi connectivity index (χ3v) is 5.83. The van der Waals surface area contributed by atoms with Gasteiger partial charge in [-0.25, -0.2) is 8.42 Å². The minimum absolute atomic E-state index is 0.0678. The summed E-state index contributed by atoms with van der Waals surface area (Å²) in [5.74, 6) is 0.0537. The van der Waals surface area contributed by atoms with Gasteiger partial charge in [-0.1, -0.05) is 48.5 Å². The minimum atomic E-state index is -3.89. The van der Waals surface area contributed by atoms with Gasteiger partial charge in [0.05, 0.1) is 17.7 Å². The van der Waals surface area contributed by atoms with Gasteiger partial charge in [-0.2, -0.15) is 0 Å². The number of sulfonamides is 1. The fraction of sp³-hybridized carbons (Fsp3) is 0.0870. The van der Waals surface area contributed by atoms with Crippen LogP contribution in [0.15, 0.2) is 83.8 Å². The summed E-state index contributed by atoms with van der Waals surface area (Å²) in [6.45, 7) is 1.69. The maximum atomic E-state index is 12.9. The van der Waals surface area contributed by atoms with E-state index >= 15 is 0 Å². The van der Waals surface area contributed by atoms with E-state index in [4.69, 9.17) is 4.74 Å². The molecule has 0 unspecified atom stereocenters. The highest BCUT2D eigenvalue weighted by atomic mass is 32.2. The predicted molar refractivity (Wildman–Crippen MR) is 119 cm³/mol. The highest BCUT2D eigenvalue weighted by Crippen LogP contribution is 2.28. The quantitative estimate of drug-likeness (QED) is 0.551. The second kappa shape index (κ2) is 9.28. The number of carbonyl (C=O) groups excluding carboxylic acids is 1. The summed E-state index contributed by atoms with van der Waals surface area (Å²) in [7, 11) is -2.42. The second-order valence-corrected chi connectivity index (χ2v) is 8.17. The molecule has 2 N–H and O–H groups in total. The molecule has 0 spiro atoms. The monoisotopic (exact) mass is 422 g/mol. The molecule has 7 heteroatoms. The first-order chi connectivity index (χ1) is 14.4. The van der Waals surface area contributed by atoms with Gasteiger partial charge in [0.25, 0.3) is 10.0 Å². The van der Waals surface area contributed by atoms with Gasteiger partial charge in [0.15, 0.2) is 0 Å². The Morgan fingerprint density at radius 3 is 2.40 bits per heavy atom. The molecule has 0 saturated carbocycles. The molecule has 0 fully saturated rings. The lowest BCUT2D eigenvalue weighted by Gasteiger charge is -2.14. The van der Waals surface area contributed by atoms with E-state index in [0.717, 1.165) is 5.56 Å². The van der Waals surface area contributed by atoms with Crippen LogP contribution in [0.2, 0.25) is 0 Å². The van der Waals surface area contributed by atoms with Crippen LogP contribution in [0.3, 0.4) is 0 Å². The molecule has 0 radical (unpaired) electrons. The van der Waals surface area contributed by atoms with Crippen LogP contribution in [0, 0.1) is 6.92 Å². The first-order valence-corrected chi connectivity index (χ1v) is 10.7. The smallest absolute Gasteiger partial charge is 0.262 e. The molecule has 30 heavy (non-hydrogen) atoms. The van der Waals surface area contributed by atoms with E-state index in [-0.39, 0.29) is 10.8 Å². The third kappa shape index (κ3) is 5.27. The van der Waals surface area contributed by atoms with Gasteiger partial charge in [0.1, 0.15) is 5.75 Å². The molecule has 0 aliphatic heterocycles. The molecule has 0 heterocycles. The maximum Gasteiger partial charge on any atom is 0.262 e. The summed E-state index contributed by atoms with van der Waals surface area (Å²) in [5.41, 5.74) is 2.15. The van der Waals surface area contributed by atoms with Crippen LogP contribution in [-0.4, -0.2) is 21.4 Å². The average molecular weight is 423 g/mol. The van der Waals surface area contributed by atoms with E-state index in [1.54, 1.807) is 49.4 Å². The van der Waals surface area contributed by atoms with Crippen LogP contribution in [0.4, 0.5) is 11.4 Å². The molecular weight excluding hydrogens is 400 g/mol. The number of para-hydroxylation sites is 2. The first kappa shape index (κ1) is 21.1. The Morgan fingerprint density at radius 1 is 0.967 bits per heavy atom. The number of hydrogen-bond donors (Lipinski definition) is 2. The normalized spacial score (nSPS) is 11.3. The number of ether oxygens (including phenoxy) is 1. The van der Waals surface area contributed by atoms with E-state index < -0.39 is 10.0 Å². The number of benzene rings is 3. The molecule has 0 bridgehead atoms. The topological polar surface area (TPSA) is 84.5 Å². The Labute approximate surface area is 176 Å². The molecule has 0 saturated heterocycles. The summed E-state index contributed by atoms with van der Waals surface area (Å²) < 4.78 is 33.6. The summed E-state index contributed by atoms with van der Waals surface area (Å²) in [4.78, 5) is 12.3. The van der Waals surface area contributed by atoms with Crippen LogP contribution in [-0.2, 0) is 14.8 Å². The number of methoxy groups -OCH3 is 1. The predicted octanol–water partition coefficient (Wildman–Crippen LogP) is 4.46. The van der Waals surface area contributed by atoms with Crippen LogP contribution >= 0.6 is 0 Å². The van der Waals surface area contributed by atoms with Crippen molar-refractivity contribution in [1.82, 2.24) is 0 Å². The Balaban J connectivity index is 1.80. The van der Waals surface area contributed by atoms with Crippen molar-refractivity contribution in [1.29, 1.82) is 0 Å². The molecular formula is C23H22N2O4S. The number of aryl methyl sites for hydroxylation is 1. The maximum absolute atomic E-state index is 12.9. The number of rotatable bonds is 7. The van der Waals surface area contributed by atoms with Crippen LogP contribution < -0.4 is 14.8 Å². The van der Waals surface area contributed by atoms with E-state index in [1.165, 1.54) is 19.3 Å². The van der Waals surface area contributed by atoms with Gasteiger partial charge in [0.2, 0.25) is 5.91 Å². The van der Waals surface area contributed by atoms with Crippen molar-refractivity contribution in [2.75, 3.05) is 17.1 Å². The van der Waals surface area contributed by atoms with Crippen LogP contribution in [0.1, 0.15) is 11.1 Å². The summed E-state index contributed by atoms with van der Waals surface area (Å²) in [5, 5.41) is 2.70. The SMILES string of the molecule is COc1ccccc1NS(=O)(=O)c1cc(NC(=O)C=Cc2ccccc2)ccc1C. The molecule has 0 aromatic heterocycles. The van der Waals surface area contributed by atoms with Crippen LogP contribution in [0.5, 0.6) is 5.75 Å². The van der Waals surface area contributed by atoms with Crippen molar-refractivity contribution in [3.05, 3.63) is 90.0 Å². The highest BCUT2D eigenvalue weighted by molar-refractivity contribution is 7.92. The van der Waals surface area contributed by atoms with E-state index in [0.29, 0.717) is 22.7 Å². The number of nitrogens with one attached hydrogen (secondary N) is 2. The van der Waals surface area contributed by atoms with Gasteiger partial charge in [-0.3, -0.25) is 9.52 Å². The molecule has 6 nitrogen and oxygen atoms in total. The summed E-state index contributed by atoms with van der Waals surface area (Å²) in [6.07, 6.45) is 3.08. The number of amides is 1. The molecule has 1 amide bonds. The van der Waals surface area contributed by atoms with Crippen LogP contribution in [0.25, 0.3) is 6.08 Å². The molecule has 154 valence electrons. The van der Waals surface area contributed by atoms with Gasteiger partial charge in [0, 0.05) is 11.8 Å². The van der Waals surface area contributed by atoms with E-state index in [1.807, 2.05) is 30.3 Å². The largest absolute Gasteiger partial charge is 0.495 e. The van der Waals surface area contributed by atoms with E-state index in [2.05, 4.69) is 10.0 Å². The van der Waals surface area contributed by atoms with E-state index in [9.17, 15) is 13.2 Å². The van der Waals surface area contributed by atoms with Gasteiger partial charge in [-0.15, -0.1) is 0 Å². The zero-order valence-electron chi connectivity index (χ0n) is 16.6. The first-order valence-electron chi connectivity index (χ1n) is 9.19. The zero-order chi connectivity index (χ0) is 21.6. The van der Waals surface area contributed by atoms with Crippen molar-refractivity contribution < 1.29 is 17.9 Å². The minimum Gasteiger partial charge on any atom is -0.495 e. The molecule has 0 aliphatic carbocycles. The van der Waals surface area contributed by atoms with Crippen molar-refractivity contribution in [2.45, 2.75) is 11.8 Å². The average Bonchev–Trinajstić information content (AvgIpc) is 2.74. The molecule has 0 atom stereocenters. The zero-order valence-corrected chi connectivity index (χ0v) is 17.4. The van der Waals surface area contributed by atoms with Crippen molar-refractivity contribution in [3.8, 4) is 5.75 Å². The number of hydrogen-bond acceptors (Lipinski definition) is 4. The Hall–Kier alpha value is -3.58. The molecule has 3 aromatic carbocycles. The van der Waals surface area contributed by atoms with Crippen molar-refractivity contribution >= 4 is 33.4 Å². The molecule has 3 aromatic rings. The van der Waals surface area contributed by atoms with Crippen molar-refractivity contribution in [3.63, 3.8) is 0 Å². The van der Waals surface area contributed by atoms with Crippen molar-refractivity contribution in [2.24, 2.45) is 0 Å². The molecule has 3 rings (SSSR count). The van der Waals surface area contributed by atoms with Gasteiger partial charge in [-0.05, 0) is 48.4 Å². The fourth-order valence-electron chi connectivity index (χ4n) is 2.82. The van der Waals surface area contributed by atoms with Gasteiger partial charge < -0.3 is 10.1 Å². The Morgan fingerprint density at radius 2 is 1.67 bits per heavy atom. The highest BCUT2D eigenvalue weighted by Gasteiger charge is 2.19. The molecule has 0 aliphatic rings. The number of anilines is 2. The summed E-state index contributed by atoms with van der Waals surface area (Å²) >= 11 is 0. The lowest BCUT2D eigenvalue weighted by molar-refractivity contribution is -0.111. The Bertz CT molecular complexity index is 1170. The summed E-state index contributed by atoms with van der Waals surface area (Å²) in [6, 6.07) is 20.9. The van der Waals surface area contributed by atoms with Gasteiger partial charge >= 0.3 is 0 Å².